The third-order valence-electron chi connectivity index (χ3n) is 5.35. The van der Waals surface area contributed by atoms with E-state index >= 15 is 0 Å². The number of hydrogen-bond acceptors (Lipinski definition) is 4. The number of benzene rings is 2. The summed E-state index contributed by atoms with van der Waals surface area (Å²) in [5.41, 5.74) is 2.79. The van der Waals surface area contributed by atoms with Gasteiger partial charge in [-0.15, -0.1) is 0 Å². The van der Waals surface area contributed by atoms with Gasteiger partial charge < -0.3 is 9.84 Å². The van der Waals surface area contributed by atoms with Crippen LogP contribution in [0.5, 0.6) is 5.75 Å². The van der Waals surface area contributed by atoms with E-state index in [1.165, 1.54) is 11.1 Å². The van der Waals surface area contributed by atoms with Gasteiger partial charge in [0.15, 0.2) is 0 Å². The number of rotatable bonds is 7. The van der Waals surface area contributed by atoms with Crippen LogP contribution in [0.4, 0.5) is 0 Å². The molecule has 4 nitrogen and oxygen atoms in total. The Balaban J connectivity index is 1.37. The van der Waals surface area contributed by atoms with Gasteiger partial charge in [-0.1, -0.05) is 63.2 Å². The average molecular weight is 383 g/mol. The van der Waals surface area contributed by atoms with Gasteiger partial charge in [0.05, 0.1) is 0 Å². The summed E-state index contributed by atoms with van der Waals surface area (Å²) >= 11 is 0. The van der Waals surface area contributed by atoms with Crippen LogP contribution < -0.4 is 4.74 Å². The summed E-state index contributed by atoms with van der Waals surface area (Å²) in [6.07, 6.45) is -0.469. The lowest BCUT2D eigenvalue weighted by molar-refractivity contribution is 0.0446. The van der Waals surface area contributed by atoms with E-state index in [1.54, 1.807) is 0 Å². The molecule has 4 heteroatoms. The fraction of sp³-hybridized carbons (Fsp3) is 0.500. The molecule has 28 heavy (non-hydrogen) atoms. The average Bonchev–Trinajstić information content (AvgIpc) is 2.68. The number of aliphatic hydroxyl groups excluding tert-OH is 1. The Morgan fingerprint density at radius 1 is 0.893 bits per heavy atom. The van der Waals surface area contributed by atoms with Gasteiger partial charge in [0.25, 0.3) is 0 Å². The third-order valence-corrected chi connectivity index (χ3v) is 5.35. The number of nitrogens with zero attached hydrogens (tertiary/aromatic N) is 2. The number of piperazine rings is 1. The topological polar surface area (TPSA) is 35.9 Å². The predicted octanol–water partition coefficient (Wildman–Crippen LogP) is 3.54. The van der Waals surface area contributed by atoms with Crippen LogP contribution in [-0.4, -0.2) is 60.3 Å². The first-order valence-electron chi connectivity index (χ1n) is 10.3. The second-order valence-electron chi connectivity index (χ2n) is 8.80. The minimum absolute atomic E-state index is 0.140. The summed E-state index contributed by atoms with van der Waals surface area (Å²) in [6.45, 7) is 12.7. The van der Waals surface area contributed by atoms with Crippen molar-refractivity contribution in [2.45, 2.75) is 38.8 Å². The van der Waals surface area contributed by atoms with Gasteiger partial charge >= 0.3 is 0 Å². The van der Waals surface area contributed by atoms with E-state index in [0.717, 1.165) is 38.5 Å². The second-order valence-corrected chi connectivity index (χ2v) is 8.80. The lowest BCUT2D eigenvalue weighted by Gasteiger charge is -2.35. The second kappa shape index (κ2) is 9.55. The highest BCUT2D eigenvalue weighted by Gasteiger charge is 2.20. The van der Waals surface area contributed by atoms with Crippen molar-refractivity contribution in [2.75, 3.05) is 39.3 Å². The third kappa shape index (κ3) is 6.33. The van der Waals surface area contributed by atoms with E-state index in [9.17, 15) is 5.11 Å². The highest BCUT2D eigenvalue weighted by Crippen LogP contribution is 2.24. The van der Waals surface area contributed by atoms with Crippen LogP contribution in [-0.2, 0) is 12.0 Å². The van der Waals surface area contributed by atoms with Crippen molar-refractivity contribution in [3.8, 4) is 5.75 Å². The molecular weight excluding hydrogens is 348 g/mol. The first-order valence-corrected chi connectivity index (χ1v) is 10.3. The van der Waals surface area contributed by atoms with Crippen LogP contribution in [0, 0.1) is 0 Å². The van der Waals surface area contributed by atoms with Gasteiger partial charge in [0, 0.05) is 39.3 Å². The molecular formula is C24H34N2O2. The van der Waals surface area contributed by atoms with Crippen LogP contribution in [0.3, 0.4) is 0 Å². The Hall–Kier alpha value is -1.88. The molecule has 0 spiro atoms. The molecule has 1 N–H and O–H groups in total. The van der Waals surface area contributed by atoms with Crippen LogP contribution in [0.25, 0.3) is 0 Å². The highest BCUT2D eigenvalue weighted by atomic mass is 16.5. The minimum atomic E-state index is -0.469. The summed E-state index contributed by atoms with van der Waals surface area (Å²) in [7, 11) is 0. The van der Waals surface area contributed by atoms with Gasteiger partial charge in [-0.2, -0.15) is 0 Å². The van der Waals surface area contributed by atoms with Gasteiger partial charge in [0.1, 0.15) is 18.5 Å². The van der Waals surface area contributed by atoms with E-state index in [-0.39, 0.29) is 5.41 Å². The maximum absolute atomic E-state index is 10.4. The van der Waals surface area contributed by atoms with Crippen LogP contribution >= 0.6 is 0 Å². The van der Waals surface area contributed by atoms with Crippen LogP contribution in [0.2, 0.25) is 0 Å². The quantitative estimate of drug-likeness (QED) is 0.795. The van der Waals surface area contributed by atoms with Crippen molar-refractivity contribution >= 4 is 0 Å². The molecule has 2 aromatic carbocycles. The van der Waals surface area contributed by atoms with E-state index in [4.69, 9.17) is 4.74 Å². The number of aliphatic hydroxyl groups is 1. The van der Waals surface area contributed by atoms with Gasteiger partial charge in [0.2, 0.25) is 0 Å². The van der Waals surface area contributed by atoms with Crippen molar-refractivity contribution < 1.29 is 9.84 Å². The molecule has 0 amide bonds. The number of ether oxygens (including phenoxy) is 1. The summed E-state index contributed by atoms with van der Waals surface area (Å²) in [6, 6.07) is 18.8. The molecule has 0 bridgehead atoms. The summed E-state index contributed by atoms with van der Waals surface area (Å²) in [5.74, 6) is 0.819. The number of hydrogen-bond donors (Lipinski definition) is 1. The molecule has 0 radical (unpaired) electrons. The van der Waals surface area contributed by atoms with E-state index in [1.807, 2.05) is 12.1 Å². The molecule has 3 rings (SSSR count). The fourth-order valence-corrected chi connectivity index (χ4v) is 3.57. The molecule has 1 aliphatic heterocycles. The van der Waals surface area contributed by atoms with Gasteiger partial charge in [-0.3, -0.25) is 9.80 Å². The van der Waals surface area contributed by atoms with Crippen molar-refractivity contribution in [2.24, 2.45) is 0 Å². The Bertz CT molecular complexity index is 702. The normalized spacial score (nSPS) is 17.4. The highest BCUT2D eigenvalue weighted by molar-refractivity contribution is 5.31. The lowest BCUT2D eigenvalue weighted by Crippen LogP contribution is -2.48. The molecule has 0 aromatic heterocycles. The largest absolute Gasteiger partial charge is 0.491 e. The van der Waals surface area contributed by atoms with Crippen molar-refractivity contribution in [1.29, 1.82) is 0 Å². The van der Waals surface area contributed by atoms with Gasteiger partial charge in [-0.25, -0.2) is 0 Å². The Morgan fingerprint density at radius 2 is 1.50 bits per heavy atom. The summed E-state index contributed by atoms with van der Waals surface area (Å²) in [4.78, 5) is 4.81. The van der Waals surface area contributed by atoms with E-state index in [0.29, 0.717) is 13.2 Å². The molecule has 152 valence electrons. The van der Waals surface area contributed by atoms with Crippen molar-refractivity contribution in [3.63, 3.8) is 0 Å². The summed E-state index contributed by atoms with van der Waals surface area (Å²) in [5, 5.41) is 10.4. The van der Waals surface area contributed by atoms with Crippen molar-refractivity contribution in [1.82, 2.24) is 9.80 Å². The molecule has 2 aromatic rings. The standard InChI is InChI=1S/C24H34N2O2/c1-24(2,3)21-9-11-23(12-10-21)28-19-22(27)18-26-15-13-25(14-16-26)17-20-7-5-4-6-8-20/h4-12,22,27H,13-19H2,1-3H3/t22-/m0/s1. The molecule has 1 fully saturated rings. The molecule has 1 atom stereocenters. The predicted molar refractivity (Wildman–Crippen MR) is 115 cm³/mol. The van der Waals surface area contributed by atoms with Crippen LogP contribution in [0.15, 0.2) is 54.6 Å². The Labute approximate surface area is 169 Å². The minimum Gasteiger partial charge on any atom is -0.491 e. The zero-order valence-electron chi connectivity index (χ0n) is 17.5. The summed E-state index contributed by atoms with van der Waals surface area (Å²) < 4.78 is 5.79. The van der Waals surface area contributed by atoms with Gasteiger partial charge in [-0.05, 0) is 28.7 Å². The first kappa shape index (κ1) is 20.8. The van der Waals surface area contributed by atoms with E-state index in [2.05, 4.69) is 73.0 Å². The SMILES string of the molecule is CC(C)(C)c1ccc(OC[C@@H](O)CN2CCN(Cc3ccccc3)CC2)cc1. The number of β-amino-alcohol motifs (C(OH)–C–C–N with tert-alkyl or cyclic N) is 1. The monoisotopic (exact) mass is 382 g/mol. The molecule has 0 saturated carbocycles. The zero-order chi connectivity index (χ0) is 20.0. The van der Waals surface area contributed by atoms with Crippen molar-refractivity contribution in [3.05, 3.63) is 65.7 Å². The van der Waals surface area contributed by atoms with Crippen LogP contribution in [0.1, 0.15) is 31.9 Å². The Kier molecular flexibility index (Phi) is 7.11. The maximum Gasteiger partial charge on any atom is 0.119 e. The molecule has 0 aliphatic carbocycles. The molecule has 1 aliphatic rings. The fourth-order valence-electron chi connectivity index (χ4n) is 3.57. The zero-order valence-corrected chi connectivity index (χ0v) is 17.5. The smallest absolute Gasteiger partial charge is 0.119 e. The maximum atomic E-state index is 10.4. The lowest BCUT2D eigenvalue weighted by atomic mass is 9.87. The molecule has 1 saturated heterocycles. The first-order chi connectivity index (χ1) is 13.4. The Morgan fingerprint density at radius 3 is 2.11 bits per heavy atom. The molecule has 1 heterocycles. The van der Waals surface area contributed by atoms with E-state index < -0.39 is 6.10 Å². The molecule has 0 unspecified atom stereocenters.